The van der Waals surface area contributed by atoms with Crippen LogP contribution in [0.1, 0.15) is 30.9 Å². The van der Waals surface area contributed by atoms with Crippen molar-refractivity contribution in [3.05, 3.63) is 35.4 Å². The highest BCUT2D eigenvalue weighted by atomic mass is 16.3. The van der Waals surface area contributed by atoms with Crippen LogP contribution in [-0.2, 0) is 11.2 Å². The van der Waals surface area contributed by atoms with E-state index < -0.39 is 0 Å². The number of benzene rings is 1. The number of carbonyl (C=O) groups is 1. The molecular weight excluding hydrogens is 240 g/mol. The molecule has 0 saturated carbocycles. The fourth-order valence-corrected chi connectivity index (χ4v) is 1.69. The van der Waals surface area contributed by atoms with E-state index in [1.165, 1.54) is 0 Å². The fourth-order valence-electron chi connectivity index (χ4n) is 1.69. The minimum atomic E-state index is -0.381. The quantitative estimate of drug-likeness (QED) is 0.847. The predicted octanol–water partition coefficient (Wildman–Crippen LogP) is 1.72. The SMILES string of the molecule is CC(O)CCN(C)C(=O)CCc1ccc(C#N)cc1. The normalized spacial score (nSPS) is 11.7. The van der Waals surface area contributed by atoms with Crippen LogP contribution in [0.25, 0.3) is 0 Å². The van der Waals surface area contributed by atoms with Gasteiger partial charge in [-0.15, -0.1) is 0 Å². The van der Waals surface area contributed by atoms with Crippen molar-refractivity contribution in [3.8, 4) is 6.07 Å². The Kier molecular flexibility index (Phi) is 6.04. The molecule has 102 valence electrons. The molecule has 1 atom stereocenters. The first-order chi connectivity index (χ1) is 9.02. The summed E-state index contributed by atoms with van der Waals surface area (Å²) in [5.41, 5.74) is 1.68. The van der Waals surface area contributed by atoms with E-state index in [-0.39, 0.29) is 12.0 Å². The van der Waals surface area contributed by atoms with E-state index in [9.17, 15) is 9.90 Å². The number of aliphatic hydroxyl groups is 1. The molecule has 0 aliphatic rings. The lowest BCUT2D eigenvalue weighted by atomic mass is 10.1. The lowest BCUT2D eigenvalue weighted by molar-refractivity contribution is -0.130. The molecule has 1 rings (SSSR count). The largest absolute Gasteiger partial charge is 0.393 e. The van der Waals surface area contributed by atoms with Crippen LogP contribution in [0.4, 0.5) is 0 Å². The Bertz CT molecular complexity index is 446. The van der Waals surface area contributed by atoms with Gasteiger partial charge in [0.2, 0.25) is 5.91 Å². The molecule has 0 fully saturated rings. The van der Waals surface area contributed by atoms with E-state index in [4.69, 9.17) is 5.26 Å². The summed E-state index contributed by atoms with van der Waals surface area (Å²) in [6.07, 6.45) is 1.33. The fraction of sp³-hybridized carbons (Fsp3) is 0.467. The molecule has 0 bridgehead atoms. The summed E-state index contributed by atoms with van der Waals surface area (Å²) in [5, 5.41) is 17.9. The zero-order valence-corrected chi connectivity index (χ0v) is 11.5. The second kappa shape index (κ2) is 7.55. The van der Waals surface area contributed by atoms with Crippen LogP contribution >= 0.6 is 0 Å². The maximum Gasteiger partial charge on any atom is 0.222 e. The molecule has 0 aliphatic carbocycles. The van der Waals surface area contributed by atoms with Crippen molar-refractivity contribution in [2.45, 2.75) is 32.3 Å². The smallest absolute Gasteiger partial charge is 0.222 e. The summed E-state index contributed by atoms with van der Waals surface area (Å²) in [6, 6.07) is 9.34. The Hall–Kier alpha value is -1.86. The summed E-state index contributed by atoms with van der Waals surface area (Å²) in [4.78, 5) is 13.5. The first-order valence-electron chi connectivity index (χ1n) is 6.44. The molecule has 1 amide bonds. The number of hydrogen-bond donors (Lipinski definition) is 1. The molecule has 0 aromatic heterocycles. The highest BCUT2D eigenvalue weighted by Crippen LogP contribution is 2.07. The third-order valence-electron chi connectivity index (χ3n) is 3.02. The lowest BCUT2D eigenvalue weighted by Gasteiger charge is -2.18. The highest BCUT2D eigenvalue weighted by Gasteiger charge is 2.09. The van der Waals surface area contributed by atoms with Crippen molar-refractivity contribution < 1.29 is 9.90 Å². The summed E-state index contributed by atoms with van der Waals surface area (Å²) in [7, 11) is 1.75. The standard InChI is InChI=1S/C15H20N2O2/c1-12(18)9-10-17(2)15(19)8-7-13-3-5-14(11-16)6-4-13/h3-6,12,18H,7-10H2,1-2H3. The molecule has 0 heterocycles. The molecule has 0 aliphatic heterocycles. The van der Waals surface area contributed by atoms with Gasteiger partial charge in [0.1, 0.15) is 0 Å². The van der Waals surface area contributed by atoms with Crippen LogP contribution in [0.3, 0.4) is 0 Å². The predicted molar refractivity (Wildman–Crippen MR) is 73.4 cm³/mol. The molecular formula is C15H20N2O2. The molecule has 1 unspecified atom stereocenters. The van der Waals surface area contributed by atoms with Gasteiger partial charge in [-0.3, -0.25) is 4.79 Å². The number of rotatable bonds is 6. The van der Waals surface area contributed by atoms with Crippen molar-refractivity contribution in [1.29, 1.82) is 5.26 Å². The second-order valence-corrected chi connectivity index (χ2v) is 4.76. The van der Waals surface area contributed by atoms with Gasteiger partial charge in [0.15, 0.2) is 0 Å². The third-order valence-corrected chi connectivity index (χ3v) is 3.02. The minimum absolute atomic E-state index is 0.0741. The van der Waals surface area contributed by atoms with Crippen LogP contribution in [0.5, 0.6) is 0 Å². The molecule has 0 spiro atoms. The van der Waals surface area contributed by atoms with Gasteiger partial charge in [-0.05, 0) is 37.5 Å². The maximum atomic E-state index is 11.8. The average molecular weight is 260 g/mol. The van der Waals surface area contributed by atoms with Gasteiger partial charge in [0, 0.05) is 20.0 Å². The van der Waals surface area contributed by atoms with Gasteiger partial charge in [0.05, 0.1) is 17.7 Å². The summed E-state index contributed by atoms with van der Waals surface area (Å²) >= 11 is 0. The Morgan fingerprint density at radius 1 is 1.42 bits per heavy atom. The van der Waals surface area contributed by atoms with E-state index in [0.29, 0.717) is 31.4 Å². The molecule has 19 heavy (non-hydrogen) atoms. The summed E-state index contributed by atoms with van der Waals surface area (Å²) in [6.45, 7) is 2.29. The number of hydrogen-bond acceptors (Lipinski definition) is 3. The van der Waals surface area contributed by atoms with E-state index >= 15 is 0 Å². The van der Waals surface area contributed by atoms with Gasteiger partial charge >= 0.3 is 0 Å². The molecule has 4 nitrogen and oxygen atoms in total. The Labute approximate surface area is 114 Å². The van der Waals surface area contributed by atoms with Crippen LogP contribution in [0.2, 0.25) is 0 Å². The highest BCUT2D eigenvalue weighted by molar-refractivity contribution is 5.76. The lowest BCUT2D eigenvalue weighted by Crippen LogP contribution is -2.29. The van der Waals surface area contributed by atoms with Gasteiger partial charge in [-0.2, -0.15) is 5.26 Å². The number of nitriles is 1. The van der Waals surface area contributed by atoms with Crippen LogP contribution < -0.4 is 0 Å². The topological polar surface area (TPSA) is 64.3 Å². The van der Waals surface area contributed by atoms with Gasteiger partial charge in [-0.25, -0.2) is 0 Å². The number of amides is 1. The van der Waals surface area contributed by atoms with Crippen molar-refractivity contribution in [2.24, 2.45) is 0 Å². The molecule has 4 heteroatoms. The van der Waals surface area contributed by atoms with Crippen molar-refractivity contribution >= 4 is 5.91 Å². The monoisotopic (exact) mass is 260 g/mol. The van der Waals surface area contributed by atoms with E-state index in [1.54, 1.807) is 31.0 Å². The van der Waals surface area contributed by atoms with Crippen LogP contribution in [0.15, 0.2) is 24.3 Å². The van der Waals surface area contributed by atoms with Crippen LogP contribution in [-0.4, -0.2) is 35.6 Å². The number of aliphatic hydroxyl groups excluding tert-OH is 1. The van der Waals surface area contributed by atoms with E-state index in [2.05, 4.69) is 6.07 Å². The minimum Gasteiger partial charge on any atom is -0.393 e. The van der Waals surface area contributed by atoms with Gasteiger partial charge < -0.3 is 10.0 Å². The Balaban J connectivity index is 2.38. The van der Waals surface area contributed by atoms with E-state index in [1.807, 2.05) is 12.1 Å². The number of carbonyl (C=O) groups excluding carboxylic acids is 1. The molecule has 0 saturated heterocycles. The first kappa shape index (κ1) is 15.2. The number of nitrogens with zero attached hydrogens (tertiary/aromatic N) is 2. The summed E-state index contributed by atoms with van der Waals surface area (Å²) < 4.78 is 0. The number of aryl methyl sites for hydroxylation is 1. The van der Waals surface area contributed by atoms with Crippen molar-refractivity contribution in [3.63, 3.8) is 0 Å². The molecule has 1 N–H and O–H groups in total. The van der Waals surface area contributed by atoms with Crippen molar-refractivity contribution in [1.82, 2.24) is 4.90 Å². The Morgan fingerprint density at radius 2 is 2.05 bits per heavy atom. The van der Waals surface area contributed by atoms with Gasteiger partial charge in [-0.1, -0.05) is 12.1 Å². The van der Waals surface area contributed by atoms with Gasteiger partial charge in [0.25, 0.3) is 0 Å². The van der Waals surface area contributed by atoms with Crippen LogP contribution in [0, 0.1) is 11.3 Å². The zero-order chi connectivity index (χ0) is 14.3. The maximum absolute atomic E-state index is 11.8. The summed E-state index contributed by atoms with van der Waals surface area (Å²) in [5.74, 6) is 0.0741. The zero-order valence-electron chi connectivity index (χ0n) is 11.5. The van der Waals surface area contributed by atoms with Crippen molar-refractivity contribution in [2.75, 3.05) is 13.6 Å². The molecule has 1 aromatic rings. The average Bonchev–Trinajstić information content (AvgIpc) is 2.42. The molecule has 1 aromatic carbocycles. The molecule has 0 radical (unpaired) electrons. The second-order valence-electron chi connectivity index (χ2n) is 4.76. The van der Waals surface area contributed by atoms with E-state index in [0.717, 1.165) is 5.56 Å². The first-order valence-corrected chi connectivity index (χ1v) is 6.44. The third kappa shape index (κ3) is 5.54. The Morgan fingerprint density at radius 3 is 2.58 bits per heavy atom.